The summed E-state index contributed by atoms with van der Waals surface area (Å²) in [5.41, 5.74) is 0.181. The van der Waals surface area contributed by atoms with Gasteiger partial charge < -0.3 is 5.11 Å². The number of rotatable bonds is 1. The monoisotopic (exact) mass is 224 g/mol. The minimum absolute atomic E-state index is 0.0227. The molecule has 15 heavy (non-hydrogen) atoms. The molecule has 2 rings (SSSR count). The molecule has 0 aliphatic heterocycles. The van der Waals surface area contributed by atoms with Gasteiger partial charge in [-0.05, 0) is 24.3 Å². The number of fused-ring (bicyclic) bond motifs is 1. The molecule has 6 heteroatoms. The van der Waals surface area contributed by atoms with Gasteiger partial charge in [-0.1, -0.05) is 0 Å². The third kappa shape index (κ3) is 1.64. The van der Waals surface area contributed by atoms with Crippen molar-refractivity contribution >= 4 is 20.9 Å². The van der Waals surface area contributed by atoms with Gasteiger partial charge in [0.05, 0.1) is 5.52 Å². The summed E-state index contributed by atoms with van der Waals surface area (Å²) in [6.07, 6.45) is 1.44. The van der Waals surface area contributed by atoms with Gasteiger partial charge in [0.1, 0.15) is 10.6 Å². The molecule has 0 bridgehead atoms. The largest absolute Gasteiger partial charge is 0.507 e. The molecule has 1 aromatic carbocycles. The summed E-state index contributed by atoms with van der Waals surface area (Å²) in [5, 5.41) is 14.9. The maximum absolute atomic E-state index is 11.2. The lowest BCUT2D eigenvalue weighted by atomic mass is 10.2. The first-order valence-corrected chi connectivity index (χ1v) is 5.64. The molecule has 5 nitrogen and oxygen atoms in total. The average molecular weight is 224 g/mol. The second kappa shape index (κ2) is 3.18. The number of phenols is 1. The number of nitrogens with two attached hydrogens (primary N) is 1. The molecule has 0 atom stereocenters. The molecule has 78 valence electrons. The smallest absolute Gasteiger partial charge is 0.240 e. The molecule has 0 aliphatic carbocycles. The minimum Gasteiger partial charge on any atom is -0.507 e. The number of aromatic nitrogens is 1. The molecular weight excluding hydrogens is 216 g/mol. The first kappa shape index (κ1) is 9.88. The molecule has 3 N–H and O–H groups in total. The van der Waals surface area contributed by atoms with Crippen LogP contribution in [0.25, 0.3) is 10.9 Å². The lowest BCUT2D eigenvalue weighted by Crippen LogP contribution is -2.12. The molecule has 0 saturated heterocycles. The van der Waals surface area contributed by atoms with Gasteiger partial charge >= 0.3 is 0 Å². The van der Waals surface area contributed by atoms with E-state index in [-0.39, 0.29) is 16.2 Å². The number of aromatic hydroxyl groups is 1. The van der Waals surface area contributed by atoms with Crippen LogP contribution in [0.15, 0.2) is 35.4 Å². The topological polar surface area (TPSA) is 93.3 Å². The first-order valence-electron chi connectivity index (χ1n) is 4.09. The fourth-order valence-electron chi connectivity index (χ4n) is 1.36. The van der Waals surface area contributed by atoms with Crippen LogP contribution in [0, 0.1) is 0 Å². The number of nitrogens with zero attached hydrogens (tertiary/aromatic N) is 1. The maximum atomic E-state index is 11.2. The summed E-state index contributed by atoms with van der Waals surface area (Å²) in [5.74, 6) is -0.0227. The highest BCUT2D eigenvalue weighted by Crippen LogP contribution is 2.27. The zero-order valence-electron chi connectivity index (χ0n) is 7.58. The van der Waals surface area contributed by atoms with Crippen molar-refractivity contribution in [3.05, 3.63) is 30.5 Å². The Morgan fingerprint density at radius 1 is 1.27 bits per heavy atom. The summed E-state index contributed by atoms with van der Waals surface area (Å²) in [7, 11) is -3.82. The highest BCUT2D eigenvalue weighted by molar-refractivity contribution is 7.89. The highest BCUT2D eigenvalue weighted by Gasteiger charge is 2.14. The van der Waals surface area contributed by atoms with Gasteiger partial charge in [0.2, 0.25) is 10.0 Å². The van der Waals surface area contributed by atoms with Crippen molar-refractivity contribution in [2.45, 2.75) is 4.90 Å². The van der Waals surface area contributed by atoms with E-state index in [1.54, 1.807) is 12.1 Å². The Morgan fingerprint density at radius 3 is 2.67 bits per heavy atom. The van der Waals surface area contributed by atoms with Gasteiger partial charge in [-0.25, -0.2) is 13.6 Å². The Balaban J connectivity index is 2.96. The van der Waals surface area contributed by atoms with E-state index in [4.69, 9.17) is 5.14 Å². The van der Waals surface area contributed by atoms with Gasteiger partial charge in [0, 0.05) is 11.6 Å². The lowest BCUT2D eigenvalue weighted by Gasteiger charge is -2.04. The van der Waals surface area contributed by atoms with Gasteiger partial charge in [-0.15, -0.1) is 0 Å². The van der Waals surface area contributed by atoms with Crippen molar-refractivity contribution < 1.29 is 13.5 Å². The van der Waals surface area contributed by atoms with Crippen molar-refractivity contribution in [1.29, 1.82) is 0 Å². The number of primary sulfonamides is 1. The van der Waals surface area contributed by atoms with Gasteiger partial charge in [0.15, 0.2) is 0 Å². The fraction of sp³-hybridized carbons (Fsp3) is 0. The third-order valence-corrected chi connectivity index (χ3v) is 2.96. The van der Waals surface area contributed by atoms with E-state index in [9.17, 15) is 13.5 Å². The van der Waals surface area contributed by atoms with Crippen molar-refractivity contribution in [3.63, 3.8) is 0 Å². The second-order valence-corrected chi connectivity index (χ2v) is 4.56. The SMILES string of the molecule is NS(=O)(=O)c1ccc(O)c2cccnc12. The summed E-state index contributed by atoms with van der Waals surface area (Å²) in [4.78, 5) is 3.80. The van der Waals surface area contributed by atoms with Crippen LogP contribution in [-0.2, 0) is 10.0 Å². The number of benzene rings is 1. The van der Waals surface area contributed by atoms with E-state index < -0.39 is 10.0 Å². The predicted octanol–water partition coefficient (Wildman–Crippen LogP) is 0.588. The molecular formula is C9H8N2O3S. The predicted molar refractivity (Wildman–Crippen MR) is 54.8 cm³/mol. The van der Waals surface area contributed by atoms with Crippen LogP contribution in [-0.4, -0.2) is 18.5 Å². The average Bonchev–Trinajstić information content (AvgIpc) is 2.17. The standard InChI is InChI=1S/C9H8N2O3S/c10-15(13,14)8-4-3-7(12)6-2-1-5-11-9(6)8/h1-5,12H,(H2,10,13,14). The molecule has 0 radical (unpaired) electrons. The summed E-state index contributed by atoms with van der Waals surface area (Å²) in [6.45, 7) is 0. The highest BCUT2D eigenvalue weighted by atomic mass is 32.2. The van der Waals surface area contributed by atoms with Crippen molar-refractivity contribution in [2.24, 2.45) is 5.14 Å². The number of hydrogen-bond acceptors (Lipinski definition) is 4. The molecule has 0 spiro atoms. The summed E-state index contributed by atoms with van der Waals surface area (Å²) in [6, 6.07) is 5.70. The lowest BCUT2D eigenvalue weighted by molar-refractivity contribution is 0.481. The maximum Gasteiger partial charge on any atom is 0.240 e. The van der Waals surface area contributed by atoms with Crippen LogP contribution in [0.4, 0.5) is 0 Å². The first-order chi connectivity index (χ1) is 7.00. The second-order valence-electron chi connectivity index (χ2n) is 3.03. The molecule has 0 fully saturated rings. The van der Waals surface area contributed by atoms with Gasteiger partial charge in [-0.3, -0.25) is 4.98 Å². The molecule has 0 saturated carbocycles. The van der Waals surface area contributed by atoms with E-state index in [2.05, 4.69) is 4.98 Å². The number of pyridine rings is 1. The molecule has 1 heterocycles. The number of hydrogen-bond donors (Lipinski definition) is 2. The van der Waals surface area contributed by atoms with Crippen molar-refractivity contribution in [1.82, 2.24) is 4.98 Å². The van der Waals surface area contributed by atoms with E-state index in [0.29, 0.717) is 5.39 Å². The van der Waals surface area contributed by atoms with E-state index in [0.717, 1.165) is 0 Å². The third-order valence-electron chi connectivity index (χ3n) is 2.02. The molecule has 1 aromatic heterocycles. The molecule has 0 aliphatic rings. The Bertz CT molecular complexity index is 622. The fourth-order valence-corrected chi connectivity index (χ4v) is 2.05. The molecule has 0 amide bonds. The van der Waals surface area contributed by atoms with Crippen LogP contribution in [0.1, 0.15) is 0 Å². The van der Waals surface area contributed by atoms with Crippen LogP contribution in [0.3, 0.4) is 0 Å². The zero-order chi connectivity index (χ0) is 11.1. The van der Waals surface area contributed by atoms with Gasteiger partial charge in [0.25, 0.3) is 0 Å². The summed E-state index contributed by atoms with van der Waals surface area (Å²) >= 11 is 0. The number of sulfonamides is 1. The van der Waals surface area contributed by atoms with Crippen LogP contribution in [0.2, 0.25) is 0 Å². The van der Waals surface area contributed by atoms with Crippen molar-refractivity contribution in [2.75, 3.05) is 0 Å². The number of phenolic OH excluding ortho intramolecular Hbond substituents is 1. The van der Waals surface area contributed by atoms with Gasteiger partial charge in [-0.2, -0.15) is 0 Å². The normalized spacial score (nSPS) is 11.8. The zero-order valence-corrected chi connectivity index (χ0v) is 8.40. The van der Waals surface area contributed by atoms with Crippen LogP contribution < -0.4 is 5.14 Å². The van der Waals surface area contributed by atoms with E-state index >= 15 is 0 Å². The van der Waals surface area contributed by atoms with Crippen LogP contribution in [0.5, 0.6) is 5.75 Å². The van der Waals surface area contributed by atoms with E-state index in [1.165, 1.54) is 18.3 Å². The molecule has 2 aromatic rings. The van der Waals surface area contributed by atoms with Crippen LogP contribution >= 0.6 is 0 Å². The Morgan fingerprint density at radius 2 is 2.00 bits per heavy atom. The Labute approximate surface area is 86.2 Å². The Hall–Kier alpha value is -1.66. The minimum atomic E-state index is -3.82. The van der Waals surface area contributed by atoms with E-state index in [1.807, 2.05) is 0 Å². The summed E-state index contributed by atoms with van der Waals surface area (Å²) < 4.78 is 22.4. The van der Waals surface area contributed by atoms with Crippen molar-refractivity contribution in [3.8, 4) is 5.75 Å². The molecule has 0 unspecified atom stereocenters. The Kier molecular flexibility index (Phi) is 2.09. The quantitative estimate of drug-likeness (QED) is 0.741.